The van der Waals surface area contributed by atoms with Gasteiger partial charge in [0.25, 0.3) is 0 Å². The summed E-state index contributed by atoms with van der Waals surface area (Å²) in [4.78, 5) is 16.6. The van der Waals surface area contributed by atoms with Gasteiger partial charge >= 0.3 is 11.7 Å². The maximum Gasteiger partial charge on any atom is 0.504 e. The predicted molar refractivity (Wildman–Crippen MR) is 82.6 cm³/mol. The summed E-state index contributed by atoms with van der Waals surface area (Å²) >= 11 is 0. The summed E-state index contributed by atoms with van der Waals surface area (Å²) in [5, 5.41) is 18.0. The van der Waals surface area contributed by atoms with Crippen molar-refractivity contribution in [1.82, 2.24) is 4.90 Å². The molecule has 2 atom stereocenters. The van der Waals surface area contributed by atoms with E-state index in [1.54, 1.807) is 0 Å². The van der Waals surface area contributed by atoms with Crippen molar-refractivity contribution in [2.45, 2.75) is 32.5 Å². The average Bonchev–Trinajstić information content (AvgIpc) is 2.87. The van der Waals surface area contributed by atoms with Crippen molar-refractivity contribution in [2.24, 2.45) is 0 Å². The molecule has 0 aliphatic carbocycles. The van der Waals surface area contributed by atoms with Crippen LogP contribution in [0.25, 0.3) is 4.98 Å². The van der Waals surface area contributed by atoms with Gasteiger partial charge in [-0.2, -0.15) is 0 Å². The number of aliphatic hydroxyl groups excluding tert-OH is 1. The zero-order valence-electron chi connectivity index (χ0n) is 13.2. The second-order valence-electron chi connectivity index (χ2n) is 5.43. The van der Waals surface area contributed by atoms with Crippen molar-refractivity contribution < 1.29 is 19.4 Å². The first-order valence-electron chi connectivity index (χ1n) is 7.34. The lowest BCUT2D eigenvalue weighted by Crippen LogP contribution is -2.38. The summed E-state index contributed by atoms with van der Waals surface area (Å²) < 4.78 is 10.8. The van der Waals surface area contributed by atoms with Crippen LogP contribution in [0.4, 0.5) is 0 Å². The van der Waals surface area contributed by atoms with E-state index in [4.69, 9.17) is 14.9 Å². The molecule has 0 bridgehead atoms. The van der Waals surface area contributed by atoms with Crippen LogP contribution in [-0.2, 0) is 20.8 Å². The number of rotatable bonds is 5. The number of carbonyl (C=O) groups is 1. The highest BCUT2D eigenvalue weighted by atomic mass is 16.5. The lowest BCUT2D eigenvalue weighted by atomic mass is 10.1. The van der Waals surface area contributed by atoms with Gasteiger partial charge in [0, 0.05) is 13.5 Å². The first kappa shape index (κ1) is 16.9. The van der Waals surface area contributed by atoms with Gasteiger partial charge in [0.15, 0.2) is 10.7 Å². The molecule has 0 radical (unpaired) electrons. The Balaban J connectivity index is 1.98. The van der Waals surface area contributed by atoms with Gasteiger partial charge in [0.05, 0.1) is 12.1 Å². The van der Waals surface area contributed by atoms with Crippen LogP contribution in [0.1, 0.15) is 19.4 Å². The van der Waals surface area contributed by atoms with Crippen molar-refractivity contribution in [3.8, 4) is 0 Å². The van der Waals surface area contributed by atoms with E-state index in [-0.39, 0.29) is 18.8 Å². The summed E-state index contributed by atoms with van der Waals surface area (Å²) in [6.45, 7) is 4.37. The third kappa shape index (κ3) is 4.28. The summed E-state index contributed by atoms with van der Waals surface area (Å²) in [6.07, 6.45) is -0.0970. The Labute approximate surface area is 134 Å². The summed E-state index contributed by atoms with van der Waals surface area (Å²) in [5.74, 6) is -1.26. The van der Waals surface area contributed by atoms with Crippen LogP contribution in [0.15, 0.2) is 41.8 Å². The topological polar surface area (TPSA) is 87.1 Å². The number of nitrogens with zero attached hydrogens (tertiary/aromatic N) is 3. The molecule has 0 saturated carbocycles. The second kappa shape index (κ2) is 7.72. The Kier molecular flexibility index (Phi) is 5.68. The van der Waals surface area contributed by atoms with Crippen LogP contribution >= 0.6 is 0 Å². The number of carbonyl (C=O) groups excluding carboxylic acids is 1. The van der Waals surface area contributed by atoms with Crippen LogP contribution in [-0.4, -0.2) is 41.5 Å². The minimum atomic E-state index is -0.869. The van der Waals surface area contributed by atoms with E-state index in [0.717, 1.165) is 5.56 Å². The first-order valence-corrected chi connectivity index (χ1v) is 7.34. The van der Waals surface area contributed by atoms with E-state index < -0.39 is 17.4 Å². The zero-order chi connectivity index (χ0) is 16.8. The monoisotopic (exact) mass is 318 g/mol. The van der Waals surface area contributed by atoms with Gasteiger partial charge in [-0.3, -0.25) is 4.90 Å². The number of benzene rings is 1. The molecule has 1 aromatic carbocycles. The number of allylic oxidation sites excluding steroid dienone is 1. The molecule has 7 heteroatoms. The zero-order valence-corrected chi connectivity index (χ0v) is 13.2. The number of hydrogen-bond acceptors (Lipinski definition) is 6. The molecule has 1 aromatic rings. The van der Waals surface area contributed by atoms with Gasteiger partial charge in [-0.05, 0) is 12.5 Å². The molecule has 1 fully saturated rings. The first-order chi connectivity index (χ1) is 11.0. The van der Waals surface area contributed by atoms with Crippen molar-refractivity contribution in [3.63, 3.8) is 0 Å². The Morgan fingerprint density at radius 3 is 2.78 bits per heavy atom. The Morgan fingerprint density at radius 2 is 2.17 bits per heavy atom. The normalized spacial score (nSPS) is 22.3. The second-order valence-corrected chi connectivity index (χ2v) is 5.43. The van der Waals surface area contributed by atoms with Crippen LogP contribution in [0.3, 0.4) is 0 Å². The molecule has 1 saturated heterocycles. The molecule has 122 valence electrons. The van der Waals surface area contributed by atoms with Crippen molar-refractivity contribution in [2.75, 3.05) is 13.3 Å². The van der Waals surface area contributed by atoms with Crippen molar-refractivity contribution >= 4 is 5.97 Å². The molecule has 23 heavy (non-hydrogen) atoms. The molecule has 0 aromatic heterocycles. The highest BCUT2D eigenvalue weighted by molar-refractivity contribution is 5.90. The highest BCUT2D eigenvalue weighted by Gasteiger charge is 2.35. The molecule has 0 amide bonds. The fourth-order valence-corrected chi connectivity index (χ4v) is 2.43. The molecule has 1 aliphatic heterocycles. The standard InChI is InChI=1S/C16H19N3O4/c1-11(20)15(18-17)16(21)22-9-14-12(2)23-10-19(14)8-13-6-4-3-5-7-13/h3-7,12,14H,8-10H2,1-2H3/p+1/t12-,14-/m1/s1. The molecule has 1 heterocycles. The minimum Gasteiger partial charge on any atom is -0.505 e. The van der Waals surface area contributed by atoms with E-state index in [9.17, 15) is 9.90 Å². The smallest absolute Gasteiger partial charge is 0.504 e. The van der Waals surface area contributed by atoms with Crippen LogP contribution in [0.2, 0.25) is 0 Å². The van der Waals surface area contributed by atoms with Gasteiger partial charge in [-0.25, -0.2) is 4.79 Å². The molecule has 0 spiro atoms. The molecule has 1 aliphatic rings. The quantitative estimate of drug-likeness (QED) is 0.388. The van der Waals surface area contributed by atoms with E-state index in [1.165, 1.54) is 6.92 Å². The van der Waals surface area contributed by atoms with Crippen molar-refractivity contribution in [1.29, 1.82) is 5.39 Å². The SMILES string of the molecule is C/C(O)=C(\[N+]#N)C(=O)OC[C@@H]1[C@@H](C)OCN1Cc1ccccc1. The third-order valence-electron chi connectivity index (χ3n) is 3.76. The fourth-order valence-electron chi connectivity index (χ4n) is 2.43. The van der Waals surface area contributed by atoms with Gasteiger partial charge in [0.2, 0.25) is 5.39 Å². The third-order valence-corrected chi connectivity index (χ3v) is 3.76. The Hall–Kier alpha value is -2.43. The fraction of sp³-hybridized carbons (Fsp3) is 0.438. The van der Waals surface area contributed by atoms with E-state index in [0.29, 0.717) is 13.3 Å². The molecular weight excluding hydrogens is 298 g/mol. The summed E-state index contributed by atoms with van der Waals surface area (Å²) in [5.41, 5.74) is 0.643. The van der Waals surface area contributed by atoms with E-state index >= 15 is 0 Å². The summed E-state index contributed by atoms with van der Waals surface area (Å²) in [6, 6.07) is 9.82. The van der Waals surface area contributed by atoms with Crippen molar-refractivity contribution in [3.05, 3.63) is 52.3 Å². The average molecular weight is 318 g/mol. The number of hydrogen-bond donors (Lipinski definition) is 1. The van der Waals surface area contributed by atoms with Gasteiger partial charge in [0.1, 0.15) is 13.3 Å². The largest absolute Gasteiger partial charge is 0.505 e. The molecule has 7 nitrogen and oxygen atoms in total. The molecule has 1 N–H and O–H groups in total. The molecular formula is C16H20N3O4+. The number of esters is 1. The number of aliphatic hydroxyl groups is 1. The molecule has 2 rings (SSSR count). The van der Waals surface area contributed by atoms with Crippen LogP contribution < -0.4 is 0 Å². The number of diazo groups is 1. The Bertz CT molecular complexity index is 620. The van der Waals surface area contributed by atoms with Crippen LogP contribution in [0, 0.1) is 5.39 Å². The number of ether oxygens (including phenoxy) is 2. The van der Waals surface area contributed by atoms with Gasteiger partial charge in [-0.15, -0.1) is 0 Å². The van der Waals surface area contributed by atoms with E-state index in [1.807, 2.05) is 37.3 Å². The Morgan fingerprint density at radius 1 is 1.48 bits per heavy atom. The molecule has 0 unspecified atom stereocenters. The lowest BCUT2D eigenvalue weighted by molar-refractivity contribution is -0.140. The van der Waals surface area contributed by atoms with E-state index in [2.05, 4.69) is 9.88 Å². The minimum absolute atomic E-state index is 0.0825. The maximum atomic E-state index is 11.8. The van der Waals surface area contributed by atoms with Gasteiger partial charge < -0.3 is 14.6 Å². The van der Waals surface area contributed by atoms with Gasteiger partial charge in [-0.1, -0.05) is 30.3 Å². The maximum absolute atomic E-state index is 11.8. The lowest BCUT2D eigenvalue weighted by Gasteiger charge is -2.23. The predicted octanol–water partition coefficient (Wildman–Crippen LogP) is 2.42. The summed E-state index contributed by atoms with van der Waals surface area (Å²) in [7, 11) is 0. The highest BCUT2D eigenvalue weighted by Crippen LogP contribution is 2.20. The van der Waals surface area contributed by atoms with Crippen LogP contribution in [0.5, 0.6) is 0 Å².